The van der Waals surface area contributed by atoms with E-state index in [1.54, 1.807) is 0 Å². The van der Waals surface area contributed by atoms with E-state index in [-0.39, 0.29) is 23.9 Å². The minimum atomic E-state index is -0.879. The highest BCUT2D eigenvalue weighted by molar-refractivity contribution is 5.98. The second-order valence-electron chi connectivity index (χ2n) is 3.88. The van der Waals surface area contributed by atoms with Crippen LogP contribution in [0.25, 0.3) is 0 Å². The smallest absolute Gasteiger partial charge is 0.311 e. The van der Waals surface area contributed by atoms with Crippen LogP contribution in [-0.4, -0.2) is 41.7 Å². The molecule has 0 aliphatic carbocycles. The summed E-state index contributed by atoms with van der Waals surface area (Å²) in [6.45, 7) is -0.0401. The van der Waals surface area contributed by atoms with Crippen LogP contribution < -0.4 is 10.2 Å². The minimum Gasteiger partial charge on any atom is -0.490 e. The van der Waals surface area contributed by atoms with E-state index in [2.05, 4.69) is 4.99 Å². The standard InChI is InChI=1S/C11H11N3O6/c1-19-9-3-2-6(4-8(9)14(17)18)11-12-7(5-20-11)10(15)13-16/h2-4,7,16H,5H2,1H3,(H,13,15)/t7-/m1/s1. The third kappa shape index (κ3) is 2.52. The zero-order valence-corrected chi connectivity index (χ0v) is 10.4. The number of nitro groups is 1. The molecule has 1 aromatic rings. The zero-order valence-electron chi connectivity index (χ0n) is 10.4. The van der Waals surface area contributed by atoms with Gasteiger partial charge in [-0.15, -0.1) is 0 Å². The van der Waals surface area contributed by atoms with E-state index in [1.165, 1.54) is 30.8 Å². The van der Waals surface area contributed by atoms with Gasteiger partial charge in [0.25, 0.3) is 5.91 Å². The third-order valence-electron chi connectivity index (χ3n) is 2.69. The number of benzene rings is 1. The fourth-order valence-electron chi connectivity index (χ4n) is 1.71. The third-order valence-corrected chi connectivity index (χ3v) is 2.69. The highest BCUT2D eigenvalue weighted by atomic mass is 16.6. The van der Waals surface area contributed by atoms with Crippen LogP contribution in [0, 0.1) is 10.1 Å². The van der Waals surface area contributed by atoms with Crippen molar-refractivity contribution in [2.45, 2.75) is 6.04 Å². The van der Waals surface area contributed by atoms with E-state index in [9.17, 15) is 14.9 Å². The van der Waals surface area contributed by atoms with Gasteiger partial charge >= 0.3 is 5.69 Å². The lowest BCUT2D eigenvalue weighted by molar-refractivity contribution is -0.385. The lowest BCUT2D eigenvalue weighted by Gasteiger charge is -2.04. The van der Waals surface area contributed by atoms with Gasteiger partial charge in [-0.25, -0.2) is 10.5 Å². The number of carbonyl (C=O) groups is 1. The van der Waals surface area contributed by atoms with Crippen molar-refractivity contribution in [2.24, 2.45) is 4.99 Å². The highest BCUT2D eigenvalue weighted by Crippen LogP contribution is 2.28. The fraction of sp³-hybridized carbons (Fsp3) is 0.273. The van der Waals surface area contributed by atoms with E-state index in [0.717, 1.165) is 0 Å². The Balaban J connectivity index is 2.33. The number of hydroxylamine groups is 1. The lowest BCUT2D eigenvalue weighted by atomic mass is 10.2. The van der Waals surface area contributed by atoms with Gasteiger partial charge in [0.05, 0.1) is 12.0 Å². The maximum Gasteiger partial charge on any atom is 0.311 e. The first kappa shape index (κ1) is 13.7. The zero-order chi connectivity index (χ0) is 14.7. The SMILES string of the molecule is COc1ccc(C2=N[C@@H](C(=O)NO)CO2)cc1[N+](=O)[O-]. The van der Waals surface area contributed by atoms with Crippen LogP contribution in [0.1, 0.15) is 5.56 Å². The molecule has 0 unspecified atom stereocenters. The summed E-state index contributed by atoms with van der Waals surface area (Å²) in [7, 11) is 1.33. The van der Waals surface area contributed by atoms with Gasteiger partial charge in [-0.05, 0) is 12.1 Å². The molecule has 9 heteroatoms. The van der Waals surface area contributed by atoms with E-state index in [1.807, 2.05) is 0 Å². The molecular formula is C11H11N3O6. The highest BCUT2D eigenvalue weighted by Gasteiger charge is 2.27. The van der Waals surface area contributed by atoms with Crippen LogP contribution in [-0.2, 0) is 9.53 Å². The van der Waals surface area contributed by atoms with Gasteiger partial charge in [0, 0.05) is 11.6 Å². The number of nitro benzene ring substituents is 1. The molecule has 1 aliphatic heterocycles. The number of aliphatic imine (C=N–C) groups is 1. The number of hydrogen-bond donors (Lipinski definition) is 2. The monoisotopic (exact) mass is 281 g/mol. The minimum absolute atomic E-state index is 0.0401. The molecule has 0 aromatic heterocycles. The molecule has 1 aromatic carbocycles. The first-order valence-corrected chi connectivity index (χ1v) is 5.54. The van der Waals surface area contributed by atoms with Crippen molar-refractivity contribution in [3.8, 4) is 5.75 Å². The number of amides is 1. The number of ether oxygens (including phenoxy) is 2. The van der Waals surface area contributed by atoms with Crippen LogP contribution >= 0.6 is 0 Å². The summed E-state index contributed by atoms with van der Waals surface area (Å²) >= 11 is 0. The molecule has 9 nitrogen and oxygen atoms in total. The van der Waals surface area contributed by atoms with E-state index < -0.39 is 16.9 Å². The first-order chi connectivity index (χ1) is 9.56. The van der Waals surface area contributed by atoms with Gasteiger partial charge in [-0.3, -0.25) is 20.1 Å². The van der Waals surface area contributed by atoms with Gasteiger partial charge < -0.3 is 9.47 Å². The number of carbonyl (C=O) groups excluding carboxylic acids is 1. The average Bonchev–Trinajstić information content (AvgIpc) is 2.95. The maximum atomic E-state index is 11.2. The van der Waals surface area contributed by atoms with Crippen LogP contribution in [0.5, 0.6) is 5.75 Å². The summed E-state index contributed by atoms with van der Waals surface area (Å²) in [5.74, 6) is -0.491. The van der Waals surface area contributed by atoms with Gasteiger partial charge in [0.2, 0.25) is 5.90 Å². The molecular weight excluding hydrogens is 270 g/mol. The summed E-state index contributed by atoms with van der Waals surface area (Å²) in [6.07, 6.45) is 0. The van der Waals surface area contributed by atoms with Gasteiger partial charge in [0.1, 0.15) is 6.61 Å². The second kappa shape index (κ2) is 5.53. The molecule has 0 saturated heterocycles. The van der Waals surface area contributed by atoms with Gasteiger partial charge in [-0.1, -0.05) is 0 Å². The predicted molar refractivity (Wildman–Crippen MR) is 65.9 cm³/mol. The number of nitrogens with one attached hydrogen (secondary N) is 1. The molecule has 2 rings (SSSR count). The van der Waals surface area contributed by atoms with E-state index >= 15 is 0 Å². The molecule has 2 N–H and O–H groups in total. The van der Waals surface area contributed by atoms with E-state index in [4.69, 9.17) is 14.7 Å². The van der Waals surface area contributed by atoms with Crippen LogP contribution in [0.3, 0.4) is 0 Å². The first-order valence-electron chi connectivity index (χ1n) is 5.54. The molecule has 0 fully saturated rings. The van der Waals surface area contributed by atoms with E-state index in [0.29, 0.717) is 5.56 Å². The Morgan fingerprint density at radius 1 is 1.65 bits per heavy atom. The Labute approximate surface area is 112 Å². The maximum absolute atomic E-state index is 11.2. The molecule has 1 aliphatic rings. The topological polar surface area (TPSA) is 123 Å². The Morgan fingerprint density at radius 3 is 3.00 bits per heavy atom. The Hall–Kier alpha value is -2.68. The predicted octanol–water partition coefficient (Wildman–Crippen LogP) is 0.254. The van der Waals surface area contributed by atoms with Crippen LogP contribution in [0.4, 0.5) is 5.69 Å². The van der Waals surface area contributed by atoms with Crippen molar-refractivity contribution in [1.82, 2.24) is 5.48 Å². The average molecular weight is 281 g/mol. The number of methoxy groups -OCH3 is 1. The Morgan fingerprint density at radius 2 is 2.40 bits per heavy atom. The fourth-order valence-corrected chi connectivity index (χ4v) is 1.71. The molecule has 1 amide bonds. The summed E-state index contributed by atoms with van der Waals surface area (Å²) in [4.78, 5) is 25.5. The Kier molecular flexibility index (Phi) is 3.80. The normalized spacial score (nSPS) is 17.1. The van der Waals surface area contributed by atoms with Crippen molar-refractivity contribution in [3.05, 3.63) is 33.9 Å². The van der Waals surface area contributed by atoms with Crippen molar-refractivity contribution in [1.29, 1.82) is 0 Å². The molecule has 0 spiro atoms. The summed E-state index contributed by atoms with van der Waals surface area (Å²) in [5, 5.41) is 19.4. The van der Waals surface area contributed by atoms with Crippen molar-refractivity contribution in [2.75, 3.05) is 13.7 Å². The summed E-state index contributed by atoms with van der Waals surface area (Å²) in [5.41, 5.74) is 1.59. The lowest BCUT2D eigenvalue weighted by Crippen LogP contribution is -2.31. The van der Waals surface area contributed by atoms with Crippen molar-refractivity contribution < 1.29 is 24.4 Å². The molecule has 1 heterocycles. The molecule has 106 valence electrons. The molecule has 0 radical (unpaired) electrons. The number of rotatable bonds is 4. The van der Waals surface area contributed by atoms with Crippen LogP contribution in [0.2, 0.25) is 0 Å². The second-order valence-corrected chi connectivity index (χ2v) is 3.88. The molecule has 0 bridgehead atoms. The largest absolute Gasteiger partial charge is 0.490 e. The number of nitrogens with zero attached hydrogens (tertiary/aromatic N) is 2. The number of hydrogen-bond acceptors (Lipinski definition) is 7. The summed E-state index contributed by atoms with van der Waals surface area (Å²) in [6, 6.07) is 3.32. The van der Waals surface area contributed by atoms with Crippen LogP contribution in [0.15, 0.2) is 23.2 Å². The quantitative estimate of drug-likeness (QED) is 0.463. The van der Waals surface area contributed by atoms with Gasteiger partial charge in [0.15, 0.2) is 11.8 Å². The molecule has 1 atom stereocenters. The van der Waals surface area contributed by atoms with Gasteiger partial charge in [-0.2, -0.15) is 0 Å². The molecule has 20 heavy (non-hydrogen) atoms. The summed E-state index contributed by atoms with van der Waals surface area (Å²) < 4.78 is 10.1. The van der Waals surface area contributed by atoms with Crippen molar-refractivity contribution in [3.63, 3.8) is 0 Å². The Bertz CT molecular complexity index is 586. The molecule has 0 saturated carbocycles. The van der Waals surface area contributed by atoms with Crippen molar-refractivity contribution >= 4 is 17.5 Å².